The first-order chi connectivity index (χ1) is 9.13. The van der Waals surface area contributed by atoms with Gasteiger partial charge < -0.3 is 14.8 Å². The average molecular weight is 261 g/mol. The number of hydrogen-bond donors (Lipinski definition) is 1. The summed E-state index contributed by atoms with van der Waals surface area (Å²) in [6.07, 6.45) is 1.75. The lowest BCUT2D eigenvalue weighted by molar-refractivity contribution is 0.102. The van der Waals surface area contributed by atoms with Crippen molar-refractivity contribution in [3.05, 3.63) is 36.0 Å². The molecule has 1 aromatic heterocycles. The number of hydrogen-bond acceptors (Lipinski definition) is 4. The Morgan fingerprint density at radius 3 is 2.53 bits per heavy atom. The molecule has 19 heavy (non-hydrogen) atoms. The van der Waals surface area contributed by atoms with E-state index < -0.39 is 0 Å². The monoisotopic (exact) mass is 261 g/mol. The van der Waals surface area contributed by atoms with Crippen LogP contribution in [0.3, 0.4) is 0 Å². The third-order valence-electron chi connectivity index (χ3n) is 2.60. The molecule has 0 spiro atoms. The van der Waals surface area contributed by atoms with E-state index in [0.29, 0.717) is 22.9 Å². The second-order valence-electron chi connectivity index (χ2n) is 3.90. The third-order valence-corrected chi connectivity index (χ3v) is 2.60. The summed E-state index contributed by atoms with van der Waals surface area (Å²) >= 11 is 0. The van der Waals surface area contributed by atoms with Gasteiger partial charge in [0.2, 0.25) is 0 Å². The quantitative estimate of drug-likeness (QED) is 0.909. The number of aromatic nitrogens is 2. The van der Waals surface area contributed by atoms with Crippen molar-refractivity contribution in [2.75, 3.05) is 19.5 Å². The molecule has 0 fully saturated rings. The van der Waals surface area contributed by atoms with Crippen molar-refractivity contribution in [2.45, 2.75) is 0 Å². The van der Waals surface area contributed by atoms with Crippen molar-refractivity contribution >= 4 is 11.7 Å². The van der Waals surface area contributed by atoms with Crippen molar-refractivity contribution in [3.8, 4) is 11.5 Å². The summed E-state index contributed by atoms with van der Waals surface area (Å²) in [5.74, 6) is 1.34. The molecule has 1 amide bonds. The van der Waals surface area contributed by atoms with E-state index >= 15 is 0 Å². The van der Waals surface area contributed by atoms with Crippen LogP contribution in [-0.2, 0) is 7.05 Å². The van der Waals surface area contributed by atoms with Gasteiger partial charge in [-0.1, -0.05) is 0 Å². The first kappa shape index (κ1) is 12.9. The number of nitrogens with zero attached hydrogens (tertiary/aromatic N) is 2. The van der Waals surface area contributed by atoms with Crippen LogP contribution in [0.15, 0.2) is 30.5 Å². The fourth-order valence-corrected chi connectivity index (χ4v) is 1.65. The number of carbonyl (C=O) groups excluding carboxylic acids is 1. The molecule has 100 valence electrons. The van der Waals surface area contributed by atoms with Crippen molar-refractivity contribution in [3.63, 3.8) is 0 Å². The molecule has 0 bridgehead atoms. The number of carbonyl (C=O) groups is 1. The van der Waals surface area contributed by atoms with Crippen molar-refractivity contribution in [1.29, 1.82) is 0 Å². The van der Waals surface area contributed by atoms with E-state index in [-0.39, 0.29) is 5.91 Å². The lowest BCUT2D eigenvalue weighted by Gasteiger charge is -2.09. The molecule has 1 N–H and O–H groups in total. The van der Waals surface area contributed by atoms with Crippen molar-refractivity contribution < 1.29 is 14.3 Å². The van der Waals surface area contributed by atoms with E-state index in [2.05, 4.69) is 10.4 Å². The SMILES string of the molecule is COc1ccc(C(=O)Nc2ccn(C)n2)cc1OC. The molecule has 0 saturated carbocycles. The van der Waals surface area contributed by atoms with Gasteiger partial charge in [-0.25, -0.2) is 0 Å². The summed E-state index contributed by atoms with van der Waals surface area (Å²) in [5, 5.41) is 6.78. The molecule has 1 aromatic carbocycles. The summed E-state index contributed by atoms with van der Waals surface area (Å²) in [6.45, 7) is 0. The van der Waals surface area contributed by atoms with Crippen LogP contribution in [0.2, 0.25) is 0 Å². The summed E-state index contributed by atoms with van der Waals surface area (Å²) < 4.78 is 11.9. The Kier molecular flexibility index (Phi) is 3.70. The second kappa shape index (κ2) is 5.43. The molecule has 0 unspecified atom stereocenters. The van der Waals surface area contributed by atoms with E-state index in [1.807, 2.05) is 0 Å². The number of ether oxygens (including phenoxy) is 2. The maximum Gasteiger partial charge on any atom is 0.257 e. The molecule has 0 aliphatic rings. The van der Waals surface area contributed by atoms with E-state index in [1.54, 1.807) is 49.3 Å². The highest BCUT2D eigenvalue weighted by atomic mass is 16.5. The fourth-order valence-electron chi connectivity index (χ4n) is 1.65. The van der Waals surface area contributed by atoms with Crippen LogP contribution in [0.25, 0.3) is 0 Å². The second-order valence-corrected chi connectivity index (χ2v) is 3.90. The van der Waals surface area contributed by atoms with Crippen molar-refractivity contribution in [1.82, 2.24) is 9.78 Å². The zero-order valence-electron chi connectivity index (χ0n) is 11.0. The van der Waals surface area contributed by atoms with Crippen LogP contribution in [0.1, 0.15) is 10.4 Å². The van der Waals surface area contributed by atoms with Crippen LogP contribution in [0.4, 0.5) is 5.82 Å². The van der Waals surface area contributed by atoms with E-state index in [1.165, 1.54) is 7.11 Å². The summed E-state index contributed by atoms with van der Waals surface area (Å²) in [5.41, 5.74) is 0.475. The number of amides is 1. The molecular formula is C13H15N3O3. The van der Waals surface area contributed by atoms with Crippen molar-refractivity contribution in [2.24, 2.45) is 7.05 Å². The maximum absolute atomic E-state index is 12.0. The number of benzene rings is 1. The van der Waals surface area contributed by atoms with Gasteiger partial charge in [-0.15, -0.1) is 0 Å². The smallest absolute Gasteiger partial charge is 0.257 e. The van der Waals surface area contributed by atoms with Gasteiger partial charge in [0.05, 0.1) is 14.2 Å². The predicted octanol–water partition coefficient (Wildman–Crippen LogP) is 1.69. The normalized spacial score (nSPS) is 10.1. The van der Waals surface area contributed by atoms with Gasteiger partial charge in [-0.3, -0.25) is 9.48 Å². The number of methoxy groups -OCH3 is 2. The number of nitrogens with one attached hydrogen (secondary N) is 1. The summed E-state index contributed by atoms with van der Waals surface area (Å²) in [6, 6.07) is 6.70. The van der Waals surface area contributed by atoms with E-state index in [4.69, 9.17) is 9.47 Å². The molecular weight excluding hydrogens is 246 g/mol. The van der Waals surface area contributed by atoms with Gasteiger partial charge in [-0.05, 0) is 18.2 Å². The Bertz CT molecular complexity index is 593. The van der Waals surface area contributed by atoms with Gasteiger partial charge in [0.15, 0.2) is 17.3 Å². The van der Waals surface area contributed by atoms with Crippen LogP contribution < -0.4 is 14.8 Å². The lowest BCUT2D eigenvalue weighted by atomic mass is 10.2. The van der Waals surface area contributed by atoms with Gasteiger partial charge in [-0.2, -0.15) is 5.10 Å². The van der Waals surface area contributed by atoms with Gasteiger partial charge in [0, 0.05) is 24.9 Å². The third kappa shape index (κ3) is 2.85. The van der Waals surface area contributed by atoms with E-state index in [9.17, 15) is 4.79 Å². The molecule has 0 radical (unpaired) electrons. The molecule has 6 nitrogen and oxygen atoms in total. The molecule has 2 rings (SSSR count). The van der Waals surface area contributed by atoms with Gasteiger partial charge >= 0.3 is 0 Å². The zero-order chi connectivity index (χ0) is 13.8. The minimum atomic E-state index is -0.250. The maximum atomic E-state index is 12.0. The molecule has 0 aliphatic carbocycles. The molecule has 6 heteroatoms. The van der Waals surface area contributed by atoms with Crippen LogP contribution in [0, 0.1) is 0 Å². The highest BCUT2D eigenvalue weighted by Gasteiger charge is 2.11. The Hall–Kier alpha value is -2.50. The standard InChI is InChI=1S/C13H15N3O3/c1-16-7-6-12(15-16)14-13(17)9-4-5-10(18-2)11(8-9)19-3/h4-8H,1-3H3,(H,14,15,17). The Morgan fingerprint density at radius 2 is 1.95 bits per heavy atom. The topological polar surface area (TPSA) is 65.4 Å². The van der Waals surface area contributed by atoms with Crippen LogP contribution >= 0.6 is 0 Å². The minimum Gasteiger partial charge on any atom is -0.493 e. The molecule has 0 atom stereocenters. The Labute approximate surface area is 110 Å². The lowest BCUT2D eigenvalue weighted by Crippen LogP contribution is -2.12. The number of aryl methyl sites for hydroxylation is 1. The van der Waals surface area contributed by atoms with E-state index in [0.717, 1.165) is 0 Å². The highest BCUT2D eigenvalue weighted by Crippen LogP contribution is 2.27. The van der Waals surface area contributed by atoms with Gasteiger partial charge in [0.25, 0.3) is 5.91 Å². The number of rotatable bonds is 4. The first-order valence-electron chi connectivity index (χ1n) is 5.67. The Morgan fingerprint density at radius 1 is 1.21 bits per heavy atom. The van der Waals surface area contributed by atoms with Crippen LogP contribution in [0.5, 0.6) is 11.5 Å². The molecule has 1 heterocycles. The zero-order valence-corrected chi connectivity index (χ0v) is 11.0. The largest absolute Gasteiger partial charge is 0.493 e. The molecule has 0 saturated heterocycles. The average Bonchev–Trinajstić information content (AvgIpc) is 2.83. The number of anilines is 1. The molecule has 2 aromatic rings. The highest BCUT2D eigenvalue weighted by molar-refractivity contribution is 6.04. The molecule has 0 aliphatic heterocycles. The predicted molar refractivity (Wildman–Crippen MR) is 70.7 cm³/mol. The fraction of sp³-hybridized carbons (Fsp3) is 0.231. The van der Waals surface area contributed by atoms with Gasteiger partial charge in [0.1, 0.15) is 0 Å². The first-order valence-corrected chi connectivity index (χ1v) is 5.67. The van der Waals surface area contributed by atoms with Crippen LogP contribution in [-0.4, -0.2) is 29.9 Å². The Balaban J connectivity index is 2.19. The minimum absolute atomic E-state index is 0.250. The summed E-state index contributed by atoms with van der Waals surface area (Å²) in [7, 11) is 4.86. The summed E-state index contributed by atoms with van der Waals surface area (Å²) in [4.78, 5) is 12.0.